The molecule has 1 saturated heterocycles. The number of carbonyl (C=O) groups excluding carboxylic acids is 1. The summed E-state index contributed by atoms with van der Waals surface area (Å²) in [5.41, 5.74) is 4.48. The molecular formula is C14H22N4O4. The number of morpholine rings is 1. The van der Waals surface area contributed by atoms with Gasteiger partial charge in [-0.25, -0.2) is 4.79 Å². The van der Waals surface area contributed by atoms with Crippen molar-refractivity contribution in [2.45, 2.75) is 26.0 Å². The Morgan fingerprint density at radius 1 is 1.27 bits per heavy atom. The van der Waals surface area contributed by atoms with Crippen LogP contribution in [0.4, 0.5) is 5.82 Å². The van der Waals surface area contributed by atoms with Crippen LogP contribution in [0.15, 0.2) is 9.59 Å². The Hall–Kier alpha value is -1.93. The van der Waals surface area contributed by atoms with E-state index < -0.39 is 11.2 Å². The largest absolute Gasteiger partial charge is 0.384 e. The number of anilines is 1. The van der Waals surface area contributed by atoms with Gasteiger partial charge in [0.2, 0.25) is 0 Å². The van der Waals surface area contributed by atoms with E-state index in [9.17, 15) is 14.4 Å². The van der Waals surface area contributed by atoms with Crippen molar-refractivity contribution in [3.05, 3.63) is 26.4 Å². The number of Topliss-reactive ketones (excluding diaryl/α,β-unsaturated/α-hetero) is 1. The van der Waals surface area contributed by atoms with Crippen LogP contribution in [0, 0.1) is 0 Å². The second-order valence-corrected chi connectivity index (χ2v) is 5.81. The highest BCUT2D eigenvalue weighted by Gasteiger charge is 2.28. The summed E-state index contributed by atoms with van der Waals surface area (Å²) < 4.78 is 7.53. The fourth-order valence-corrected chi connectivity index (χ4v) is 2.58. The van der Waals surface area contributed by atoms with Crippen LogP contribution >= 0.6 is 0 Å². The molecule has 8 nitrogen and oxygen atoms in total. The maximum atomic E-state index is 12.5. The maximum Gasteiger partial charge on any atom is 0.332 e. The SMILES string of the molecule is CC1CN(CC(=O)c2c(N)n(C)c(=O)n(C)c2=O)C(C)CO1. The first kappa shape index (κ1) is 16.4. The summed E-state index contributed by atoms with van der Waals surface area (Å²) in [6.07, 6.45) is 0.0318. The van der Waals surface area contributed by atoms with Crippen LogP contribution in [0.5, 0.6) is 0 Å². The zero-order valence-electron chi connectivity index (χ0n) is 13.3. The second kappa shape index (κ2) is 6.05. The molecule has 1 aromatic rings. The van der Waals surface area contributed by atoms with Crippen LogP contribution in [-0.4, -0.2) is 51.7 Å². The van der Waals surface area contributed by atoms with Gasteiger partial charge in [-0.1, -0.05) is 0 Å². The topological polar surface area (TPSA) is 99.6 Å². The molecule has 1 aliphatic heterocycles. The van der Waals surface area contributed by atoms with Gasteiger partial charge < -0.3 is 10.5 Å². The van der Waals surface area contributed by atoms with Crippen molar-refractivity contribution in [2.75, 3.05) is 25.4 Å². The lowest BCUT2D eigenvalue weighted by molar-refractivity contribution is -0.0460. The zero-order valence-corrected chi connectivity index (χ0v) is 13.3. The predicted octanol–water partition coefficient (Wildman–Crippen LogP) is -1.04. The molecule has 22 heavy (non-hydrogen) atoms. The van der Waals surface area contributed by atoms with E-state index in [4.69, 9.17) is 10.5 Å². The van der Waals surface area contributed by atoms with Gasteiger partial charge in [0.05, 0.1) is 19.3 Å². The van der Waals surface area contributed by atoms with E-state index >= 15 is 0 Å². The molecular weight excluding hydrogens is 288 g/mol. The molecule has 2 rings (SSSR count). The summed E-state index contributed by atoms with van der Waals surface area (Å²) in [5.74, 6) is -0.471. The minimum atomic E-state index is -0.653. The lowest BCUT2D eigenvalue weighted by Crippen LogP contribution is -2.50. The third-order valence-corrected chi connectivity index (χ3v) is 4.07. The Labute approximate surface area is 128 Å². The van der Waals surface area contributed by atoms with Crippen LogP contribution in [0.3, 0.4) is 0 Å². The summed E-state index contributed by atoms with van der Waals surface area (Å²) in [7, 11) is 2.77. The molecule has 0 aromatic carbocycles. The maximum absolute atomic E-state index is 12.5. The summed E-state index contributed by atoms with van der Waals surface area (Å²) in [4.78, 5) is 38.5. The van der Waals surface area contributed by atoms with E-state index in [-0.39, 0.29) is 35.9 Å². The van der Waals surface area contributed by atoms with E-state index in [0.29, 0.717) is 13.2 Å². The Morgan fingerprint density at radius 3 is 2.55 bits per heavy atom. The highest BCUT2D eigenvalue weighted by molar-refractivity contribution is 6.01. The van der Waals surface area contributed by atoms with Gasteiger partial charge in [0.25, 0.3) is 5.56 Å². The van der Waals surface area contributed by atoms with E-state index in [2.05, 4.69) is 0 Å². The average molecular weight is 310 g/mol. The molecule has 0 saturated carbocycles. The minimum absolute atomic E-state index is 0.0318. The van der Waals surface area contributed by atoms with Gasteiger partial charge >= 0.3 is 5.69 Å². The quantitative estimate of drug-likeness (QED) is 0.716. The van der Waals surface area contributed by atoms with Crippen LogP contribution in [0.25, 0.3) is 0 Å². The lowest BCUT2D eigenvalue weighted by Gasteiger charge is -2.36. The Bertz CT molecular complexity index is 706. The van der Waals surface area contributed by atoms with Crippen LogP contribution in [-0.2, 0) is 18.8 Å². The third-order valence-electron chi connectivity index (χ3n) is 4.07. The minimum Gasteiger partial charge on any atom is -0.384 e. The van der Waals surface area contributed by atoms with Gasteiger partial charge in [0.1, 0.15) is 11.4 Å². The standard InChI is InChI=1S/C14H22N4O4/c1-8-7-22-9(2)5-18(8)6-10(19)11-12(15)16(3)14(21)17(4)13(11)20/h8-9H,5-7,15H2,1-4H3. The van der Waals surface area contributed by atoms with Gasteiger partial charge in [-0.15, -0.1) is 0 Å². The number of rotatable bonds is 3. The molecule has 1 aliphatic rings. The summed E-state index contributed by atoms with van der Waals surface area (Å²) in [5, 5.41) is 0. The lowest BCUT2D eigenvalue weighted by atomic mass is 10.1. The first-order chi connectivity index (χ1) is 10.2. The van der Waals surface area contributed by atoms with Crippen LogP contribution < -0.4 is 17.0 Å². The number of ether oxygens (including phenoxy) is 1. The van der Waals surface area contributed by atoms with Crippen molar-refractivity contribution in [2.24, 2.45) is 14.1 Å². The summed E-state index contributed by atoms with van der Waals surface area (Å²) in [6.45, 7) is 5.12. The molecule has 0 amide bonds. The molecule has 1 aromatic heterocycles. The molecule has 2 N–H and O–H groups in total. The number of ketones is 1. The third kappa shape index (κ3) is 2.84. The van der Waals surface area contributed by atoms with Crippen molar-refractivity contribution in [3.63, 3.8) is 0 Å². The number of nitrogens with zero attached hydrogens (tertiary/aromatic N) is 3. The van der Waals surface area contributed by atoms with Crippen molar-refractivity contribution in [1.29, 1.82) is 0 Å². The second-order valence-electron chi connectivity index (χ2n) is 5.81. The normalized spacial score (nSPS) is 22.7. The fraction of sp³-hybridized carbons (Fsp3) is 0.643. The number of carbonyl (C=O) groups is 1. The average Bonchev–Trinajstić information content (AvgIpc) is 2.47. The van der Waals surface area contributed by atoms with Crippen LogP contribution in [0.1, 0.15) is 24.2 Å². The zero-order chi connectivity index (χ0) is 16.6. The Morgan fingerprint density at radius 2 is 1.91 bits per heavy atom. The smallest absolute Gasteiger partial charge is 0.332 e. The molecule has 0 bridgehead atoms. The van der Waals surface area contributed by atoms with E-state index in [1.807, 2.05) is 18.7 Å². The molecule has 0 aliphatic carbocycles. The molecule has 1 fully saturated rings. The van der Waals surface area contributed by atoms with Gasteiger partial charge in [-0.2, -0.15) is 0 Å². The van der Waals surface area contributed by atoms with Gasteiger partial charge in [-0.05, 0) is 13.8 Å². The van der Waals surface area contributed by atoms with Gasteiger partial charge in [0.15, 0.2) is 5.78 Å². The molecule has 2 atom stereocenters. The molecule has 0 spiro atoms. The van der Waals surface area contributed by atoms with Crippen LogP contribution in [0.2, 0.25) is 0 Å². The number of aromatic nitrogens is 2. The Balaban J connectivity index is 2.35. The van der Waals surface area contributed by atoms with Gasteiger partial charge in [-0.3, -0.25) is 23.6 Å². The number of hydrogen-bond acceptors (Lipinski definition) is 6. The molecule has 2 heterocycles. The molecule has 8 heteroatoms. The number of nitrogen functional groups attached to an aromatic ring is 1. The molecule has 2 unspecified atom stereocenters. The first-order valence-corrected chi connectivity index (χ1v) is 7.18. The highest BCUT2D eigenvalue weighted by atomic mass is 16.5. The number of nitrogens with two attached hydrogens (primary N) is 1. The van der Waals surface area contributed by atoms with Crippen molar-refractivity contribution in [3.8, 4) is 0 Å². The monoisotopic (exact) mass is 310 g/mol. The Kier molecular flexibility index (Phi) is 4.52. The van der Waals surface area contributed by atoms with E-state index in [0.717, 1.165) is 9.13 Å². The molecule has 122 valence electrons. The number of hydrogen-bond donors (Lipinski definition) is 1. The van der Waals surface area contributed by atoms with E-state index in [1.165, 1.54) is 14.1 Å². The summed E-state index contributed by atoms with van der Waals surface area (Å²) >= 11 is 0. The van der Waals surface area contributed by atoms with Crippen molar-refractivity contribution in [1.82, 2.24) is 14.0 Å². The van der Waals surface area contributed by atoms with Gasteiger partial charge in [0, 0.05) is 26.7 Å². The van der Waals surface area contributed by atoms with E-state index in [1.54, 1.807) is 0 Å². The molecule has 0 radical (unpaired) electrons. The fourth-order valence-electron chi connectivity index (χ4n) is 2.58. The predicted molar refractivity (Wildman–Crippen MR) is 82.1 cm³/mol. The summed E-state index contributed by atoms with van der Waals surface area (Å²) in [6, 6.07) is 0.0813. The highest BCUT2D eigenvalue weighted by Crippen LogP contribution is 2.13. The van der Waals surface area contributed by atoms with Crippen molar-refractivity contribution < 1.29 is 9.53 Å². The van der Waals surface area contributed by atoms with Crippen molar-refractivity contribution >= 4 is 11.6 Å². The first-order valence-electron chi connectivity index (χ1n) is 7.18.